The Labute approximate surface area is 154 Å². The topological polar surface area (TPSA) is 70.7 Å². The number of methoxy groups -OCH3 is 1. The number of urea groups is 1. The van der Waals surface area contributed by atoms with Gasteiger partial charge in [-0.25, -0.2) is 4.79 Å². The molecule has 0 spiro atoms. The maximum absolute atomic E-state index is 13.1. The number of benzene rings is 1. The average Bonchev–Trinajstić information content (AvgIpc) is 2.84. The summed E-state index contributed by atoms with van der Waals surface area (Å²) in [6.45, 7) is 0.848. The van der Waals surface area contributed by atoms with Gasteiger partial charge < -0.3 is 20.3 Å². The van der Waals surface area contributed by atoms with Gasteiger partial charge in [0.15, 0.2) is 0 Å². The molecule has 2 aliphatic heterocycles. The standard InChI is InChI=1S/C20H27N3O3/c1-21-19(24)15-3-4-18(26-2)17(10-15)22-20(25)23-11-14-6-12-5-13(7-14)9-16(23)8-12/h3-4,10,12-14,16H,5-9,11H2,1-2H3,(H,21,24)(H,22,25)/t12-,13+,14?,16?. The first-order valence-corrected chi connectivity index (χ1v) is 9.55. The van der Waals surface area contributed by atoms with E-state index in [1.54, 1.807) is 32.4 Å². The van der Waals surface area contributed by atoms with Crippen molar-refractivity contribution in [3.05, 3.63) is 23.8 Å². The van der Waals surface area contributed by atoms with E-state index in [0.29, 0.717) is 29.0 Å². The number of amides is 3. The van der Waals surface area contributed by atoms with Crippen LogP contribution in [0.25, 0.3) is 0 Å². The van der Waals surface area contributed by atoms with Crippen molar-refractivity contribution in [3.8, 4) is 5.75 Å². The second-order valence-corrected chi connectivity index (χ2v) is 8.01. The molecule has 1 aromatic rings. The van der Waals surface area contributed by atoms with E-state index in [2.05, 4.69) is 10.6 Å². The van der Waals surface area contributed by atoms with Gasteiger partial charge in [-0.1, -0.05) is 0 Å². The maximum Gasteiger partial charge on any atom is 0.322 e. The quantitative estimate of drug-likeness (QED) is 0.873. The number of nitrogens with one attached hydrogen (secondary N) is 2. The van der Waals surface area contributed by atoms with E-state index >= 15 is 0 Å². The zero-order valence-electron chi connectivity index (χ0n) is 15.5. The molecule has 26 heavy (non-hydrogen) atoms. The number of fused-ring (bicyclic) bond motifs is 1. The second kappa shape index (κ2) is 6.82. The van der Waals surface area contributed by atoms with Gasteiger partial charge in [0.1, 0.15) is 5.75 Å². The summed E-state index contributed by atoms with van der Waals surface area (Å²) in [7, 11) is 3.16. The summed E-state index contributed by atoms with van der Waals surface area (Å²) in [5.74, 6) is 2.60. The van der Waals surface area contributed by atoms with Gasteiger partial charge in [0, 0.05) is 25.2 Å². The van der Waals surface area contributed by atoms with Crippen LogP contribution in [-0.2, 0) is 0 Å². The van der Waals surface area contributed by atoms with E-state index in [1.165, 1.54) is 19.3 Å². The van der Waals surface area contributed by atoms with Gasteiger partial charge >= 0.3 is 6.03 Å². The molecule has 4 aliphatic rings. The first-order valence-electron chi connectivity index (χ1n) is 9.55. The normalized spacial score (nSPS) is 29.2. The first-order chi connectivity index (χ1) is 12.6. The lowest BCUT2D eigenvalue weighted by Gasteiger charge is -2.38. The fourth-order valence-electron chi connectivity index (χ4n) is 5.31. The van der Waals surface area contributed by atoms with Gasteiger partial charge in [0.25, 0.3) is 5.91 Å². The van der Waals surface area contributed by atoms with Crippen molar-refractivity contribution in [2.75, 3.05) is 26.0 Å². The fraction of sp³-hybridized carbons (Fsp3) is 0.600. The molecular formula is C20H27N3O3. The molecule has 6 nitrogen and oxygen atoms in total. The van der Waals surface area contributed by atoms with Crippen LogP contribution in [0.15, 0.2) is 18.2 Å². The minimum Gasteiger partial charge on any atom is -0.495 e. The van der Waals surface area contributed by atoms with Gasteiger partial charge in [0.2, 0.25) is 0 Å². The maximum atomic E-state index is 13.1. The van der Waals surface area contributed by atoms with Crippen LogP contribution in [0.5, 0.6) is 5.75 Å². The predicted octanol–water partition coefficient (Wildman–Crippen LogP) is 3.10. The number of carbonyl (C=O) groups excluding carboxylic acids is 2. The minimum absolute atomic E-state index is 0.0736. The molecule has 2 saturated heterocycles. The van der Waals surface area contributed by atoms with E-state index in [4.69, 9.17) is 4.74 Å². The smallest absolute Gasteiger partial charge is 0.322 e. The Hall–Kier alpha value is -2.24. The van der Waals surface area contributed by atoms with E-state index in [1.807, 2.05) is 4.90 Å². The Morgan fingerprint density at radius 2 is 1.77 bits per heavy atom. The Balaban J connectivity index is 1.55. The molecular weight excluding hydrogens is 330 g/mol. The van der Waals surface area contributed by atoms with Crippen molar-refractivity contribution in [3.63, 3.8) is 0 Å². The molecule has 0 radical (unpaired) electrons. The summed E-state index contributed by atoms with van der Waals surface area (Å²) in [6, 6.07) is 5.36. The van der Waals surface area contributed by atoms with Gasteiger partial charge in [-0.3, -0.25) is 4.79 Å². The first kappa shape index (κ1) is 17.2. The minimum atomic E-state index is -0.186. The highest BCUT2D eigenvalue weighted by Gasteiger charge is 2.44. The average molecular weight is 357 g/mol. The summed E-state index contributed by atoms with van der Waals surface area (Å²) in [5, 5.41) is 5.61. The van der Waals surface area contributed by atoms with Crippen molar-refractivity contribution < 1.29 is 14.3 Å². The molecule has 1 aromatic carbocycles. The van der Waals surface area contributed by atoms with Crippen LogP contribution >= 0.6 is 0 Å². The second-order valence-electron chi connectivity index (χ2n) is 8.01. The van der Waals surface area contributed by atoms with Crippen molar-refractivity contribution in [2.24, 2.45) is 17.8 Å². The number of carbonyl (C=O) groups is 2. The lowest BCUT2D eigenvalue weighted by molar-refractivity contribution is 0.0963. The molecule has 4 fully saturated rings. The number of rotatable bonds is 3. The van der Waals surface area contributed by atoms with Gasteiger partial charge in [-0.2, -0.15) is 0 Å². The molecule has 0 aromatic heterocycles. The molecule has 2 N–H and O–H groups in total. The van der Waals surface area contributed by atoms with E-state index in [0.717, 1.165) is 31.2 Å². The Morgan fingerprint density at radius 1 is 1.08 bits per heavy atom. The highest BCUT2D eigenvalue weighted by atomic mass is 16.5. The monoisotopic (exact) mass is 357 g/mol. The lowest BCUT2D eigenvalue weighted by Crippen LogP contribution is -2.44. The number of ether oxygens (including phenoxy) is 1. The lowest BCUT2D eigenvalue weighted by atomic mass is 9.68. The van der Waals surface area contributed by atoms with E-state index in [-0.39, 0.29) is 11.9 Å². The third-order valence-corrected chi connectivity index (χ3v) is 6.30. The summed E-state index contributed by atoms with van der Waals surface area (Å²) < 4.78 is 5.37. The summed E-state index contributed by atoms with van der Waals surface area (Å²) >= 11 is 0. The summed E-state index contributed by atoms with van der Waals surface area (Å²) in [4.78, 5) is 27.0. The molecule has 5 rings (SSSR count). The molecule has 2 saturated carbocycles. The molecule has 6 heteroatoms. The zero-order valence-corrected chi connectivity index (χ0v) is 15.5. The molecule has 2 heterocycles. The predicted molar refractivity (Wildman–Crippen MR) is 99.5 cm³/mol. The number of hydrogen-bond acceptors (Lipinski definition) is 3. The Morgan fingerprint density at radius 3 is 2.42 bits per heavy atom. The van der Waals surface area contributed by atoms with Crippen LogP contribution in [0.3, 0.4) is 0 Å². The third-order valence-electron chi connectivity index (χ3n) is 6.30. The van der Waals surface area contributed by atoms with Crippen molar-refractivity contribution in [1.29, 1.82) is 0 Å². The van der Waals surface area contributed by atoms with Crippen LogP contribution in [0.1, 0.15) is 42.5 Å². The van der Waals surface area contributed by atoms with Crippen LogP contribution in [0.2, 0.25) is 0 Å². The molecule has 2 aliphatic carbocycles. The van der Waals surface area contributed by atoms with Crippen molar-refractivity contribution in [1.82, 2.24) is 10.2 Å². The highest BCUT2D eigenvalue weighted by molar-refractivity contribution is 5.98. The van der Waals surface area contributed by atoms with Gasteiger partial charge in [-0.05, 0) is 68.1 Å². The summed E-state index contributed by atoms with van der Waals surface area (Å²) in [5.41, 5.74) is 1.04. The largest absolute Gasteiger partial charge is 0.495 e. The summed E-state index contributed by atoms with van der Waals surface area (Å²) in [6.07, 6.45) is 6.16. The van der Waals surface area contributed by atoms with Gasteiger partial charge in [-0.15, -0.1) is 0 Å². The SMILES string of the molecule is CNC(=O)c1ccc(OC)c(NC(=O)N2CC3C[C@@H]4CC2C[C@H](C3)C4)c1. The number of hydrogen-bond donors (Lipinski definition) is 2. The third kappa shape index (κ3) is 3.13. The fourth-order valence-corrected chi connectivity index (χ4v) is 5.31. The molecule has 2 unspecified atom stereocenters. The van der Waals surface area contributed by atoms with Crippen molar-refractivity contribution >= 4 is 17.6 Å². The van der Waals surface area contributed by atoms with Gasteiger partial charge in [0.05, 0.1) is 12.8 Å². The Kier molecular flexibility index (Phi) is 4.51. The van der Waals surface area contributed by atoms with E-state index in [9.17, 15) is 9.59 Å². The van der Waals surface area contributed by atoms with E-state index < -0.39 is 0 Å². The highest BCUT2D eigenvalue weighted by Crippen LogP contribution is 2.47. The number of nitrogens with zero attached hydrogens (tertiary/aromatic N) is 1. The van der Waals surface area contributed by atoms with Crippen LogP contribution in [0.4, 0.5) is 10.5 Å². The molecule has 4 bridgehead atoms. The van der Waals surface area contributed by atoms with Crippen molar-refractivity contribution in [2.45, 2.75) is 38.1 Å². The Bertz CT molecular complexity index is 706. The molecule has 140 valence electrons. The number of anilines is 1. The molecule has 3 amide bonds. The molecule has 4 atom stereocenters. The zero-order chi connectivity index (χ0) is 18.3. The van der Waals surface area contributed by atoms with Crippen LogP contribution < -0.4 is 15.4 Å². The van der Waals surface area contributed by atoms with Crippen LogP contribution in [0, 0.1) is 17.8 Å². The van der Waals surface area contributed by atoms with Crippen LogP contribution in [-0.4, -0.2) is 43.6 Å².